The first-order chi connectivity index (χ1) is 21.8. The Morgan fingerprint density at radius 2 is 1.27 bits per heavy atom. The number of para-hydroxylation sites is 2. The summed E-state index contributed by atoms with van der Waals surface area (Å²) in [6.45, 7) is 0. The number of hydrogen-bond donors (Lipinski definition) is 0. The third-order valence-electron chi connectivity index (χ3n) is 8.52. The van der Waals surface area contributed by atoms with Crippen LogP contribution in [0.15, 0.2) is 144 Å². The topological polar surface area (TPSA) is 61.0 Å². The van der Waals surface area contributed by atoms with Crippen LogP contribution in [0, 0.1) is 0 Å². The molecule has 1 aliphatic heterocycles. The highest BCUT2D eigenvalue weighted by Gasteiger charge is 2.38. The Kier molecular flexibility index (Phi) is 5.56. The molecule has 0 saturated carbocycles. The van der Waals surface area contributed by atoms with E-state index in [4.69, 9.17) is 24.1 Å². The zero-order valence-electron chi connectivity index (χ0n) is 23.6. The minimum Gasteiger partial charge on any atom is -0.484 e. The molecule has 0 bridgehead atoms. The van der Waals surface area contributed by atoms with E-state index in [1.165, 1.54) is 5.56 Å². The van der Waals surface area contributed by atoms with E-state index in [0.29, 0.717) is 17.5 Å². The van der Waals surface area contributed by atoms with Gasteiger partial charge in [0.25, 0.3) is 0 Å². The van der Waals surface area contributed by atoms with Gasteiger partial charge in [-0.15, -0.1) is 0 Å². The van der Waals surface area contributed by atoms with Crippen molar-refractivity contribution in [2.75, 3.05) is 0 Å². The molecule has 2 unspecified atom stereocenters. The van der Waals surface area contributed by atoms with Crippen molar-refractivity contribution < 1.29 is 9.15 Å². The molecule has 1 aliphatic carbocycles. The van der Waals surface area contributed by atoms with Crippen LogP contribution in [0.2, 0.25) is 0 Å². The smallest absolute Gasteiger partial charge is 0.164 e. The van der Waals surface area contributed by atoms with E-state index < -0.39 is 0 Å². The van der Waals surface area contributed by atoms with Gasteiger partial charge in [-0.2, -0.15) is 0 Å². The largest absolute Gasteiger partial charge is 0.484 e. The molecule has 0 fully saturated rings. The average molecular weight is 568 g/mol. The molecule has 5 nitrogen and oxygen atoms in total. The minimum atomic E-state index is -0.199. The molecule has 0 spiro atoms. The number of aromatic nitrogens is 3. The summed E-state index contributed by atoms with van der Waals surface area (Å²) in [5.74, 6) is 2.88. The van der Waals surface area contributed by atoms with E-state index in [1.54, 1.807) is 0 Å². The maximum Gasteiger partial charge on any atom is 0.164 e. The lowest BCUT2D eigenvalue weighted by Gasteiger charge is -2.22. The molecule has 5 heteroatoms. The standard InChI is InChI=1S/C39H25N3O2/c1-2-11-24(12-3-1)37-40-38(42-39(41-37)31-19-9-18-29-28-15-4-6-20-32(28)44-36(29)31)26-14-8-13-25(23-26)27-17-10-22-34-35(27)30-16-5-7-21-33(30)43-34/h1-23,29,36H. The van der Waals surface area contributed by atoms with E-state index in [9.17, 15) is 0 Å². The fourth-order valence-corrected chi connectivity index (χ4v) is 6.46. The fraction of sp³-hybridized carbons (Fsp3) is 0.0513. The molecule has 5 aromatic carbocycles. The molecule has 208 valence electrons. The lowest BCUT2D eigenvalue weighted by Crippen LogP contribution is -2.23. The van der Waals surface area contributed by atoms with Gasteiger partial charge in [0, 0.05) is 39.0 Å². The molecule has 0 saturated heterocycles. The fourth-order valence-electron chi connectivity index (χ4n) is 6.46. The van der Waals surface area contributed by atoms with Crippen LogP contribution >= 0.6 is 0 Å². The number of benzene rings is 5. The predicted molar refractivity (Wildman–Crippen MR) is 174 cm³/mol. The second-order valence-corrected chi connectivity index (χ2v) is 11.1. The highest BCUT2D eigenvalue weighted by molar-refractivity contribution is 6.12. The quantitative estimate of drug-likeness (QED) is 0.212. The highest BCUT2D eigenvalue weighted by Crippen LogP contribution is 2.45. The minimum absolute atomic E-state index is 0.111. The lowest BCUT2D eigenvalue weighted by atomic mass is 9.87. The Hall–Kier alpha value is -5.81. The van der Waals surface area contributed by atoms with Crippen molar-refractivity contribution in [3.05, 3.63) is 151 Å². The van der Waals surface area contributed by atoms with Crippen LogP contribution in [0.3, 0.4) is 0 Å². The van der Waals surface area contributed by atoms with Crippen LogP contribution in [0.1, 0.15) is 17.3 Å². The van der Waals surface area contributed by atoms with Gasteiger partial charge < -0.3 is 9.15 Å². The maximum atomic E-state index is 6.49. The Balaban J connectivity index is 1.19. The first kappa shape index (κ1) is 24.8. The number of nitrogens with zero attached hydrogens (tertiary/aromatic N) is 3. The SMILES string of the molecule is C1=CC2c3ccccc3OC2C(c2nc(-c3ccccc3)nc(-c3cccc(-c4cccc5oc6ccccc6c45)c3)n2)=C1. The highest BCUT2D eigenvalue weighted by atomic mass is 16.5. The summed E-state index contributed by atoms with van der Waals surface area (Å²) < 4.78 is 12.7. The zero-order valence-corrected chi connectivity index (χ0v) is 23.6. The van der Waals surface area contributed by atoms with E-state index >= 15 is 0 Å². The Morgan fingerprint density at radius 3 is 2.20 bits per heavy atom. The molecule has 9 rings (SSSR count). The summed E-state index contributed by atoms with van der Waals surface area (Å²) in [4.78, 5) is 15.1. The van der Waals surface area contributed by atoms with Crippen LogP contribution in [-0.2, 0) is 0 Å². The molecule has 2 aromatic heterocycles. The van der Waals surface area contributed by atoms with Gasteiger partial charge >= 0.3 is 0 Å². The van der Waals surface area contributed by atoms with Gasteiger partial charge in [-0.05, 0) is 35.4 Å². The summed E-state index contributed by atoms with van der Waals surface area (Å²) in [5.41, 5.74) is 7.89. The molecular weight excluding hydrogens is 542 g/mol. The average Bonchev–Trinajstić information content (AvgIpc) is 3.67. The second-order valence-electron chi connectivity index (χ2n) is 11.1. The van der Waals surface area contributed by atoms with Gasteiger partial charge in [0.1, 0.15) is 23.0 Å². The van der Waals surface area contributed by atoms with Crippen LogP contribution in [0.4, 0.5) is 0 Å². The third-order valence-corrected chi connectivity index (χ3v) is 8.52. The van der Waals surface area contributed by atoms with E-state index in [0.717, 1.165) is 55.5 Å². The molecule has 3 heterocycles. The molecule has 44 heavy (non-hydrogen) atoms. The molecule has 0 radical (unpaired) electrons. The van der Waals surface area contributed by atoms with Crippen molar-refractivity contribution >= 4 is 27.5 Å². The van der Waals surface area contributed by atoms with Crippen molar-refractivity contribution in [2.45, 2.75) is 12.0 Å². The van der Waals surface area contributed by atoms with Gasteiger partial charge in [0.05, 0.1) is 0 Å². The number of allylic oxidation sites excluding steroid dienone is 2. The molecule has 7 aromatic rings. The summed E-state index contributed by atoms with van der Waals surface area (Å²) in [6, 6.07) is 41.1. The maximum absolute atomic E-state index is 6.49. The third kappa shape index (κ3) is 3.97. The number of hydrogen-bond acceptors (Lipinski definition) is 5. The van der Waals surface area contributed by atoms with Gasteiger partial charge in [-0.25, -0.2) is 15.0 Å². The van der Waals surface area contributed by atoms with Crippen molar-refractivity contribution in [2.24, 2.45) is 0 Å². The Bertz CT molecular complexity index is 2280. The van der Waals surface area contributed by atoms with Crippen molar-refractivity contribution in [3.8, 4) is 39.7 Å². The molecule has 0 amide bonds. The van der Waals surface area contributed by atoms with Crippen LogP contribution in [0.5, 0.6) is 5.75 Å². The number of fused-ring (bicyclic) bond motifs is 6. The summed E-state index contributed by atoms with van der Waals surface area (Å²) in [7, 11) is 0. The van der Waals surface area contributed by atoms with Crippen LogP contribution in [0.25, 0.3) is 61.4 Å². The first-order valence-corrected chi connectivity index (χ1v) is 14.8. The Labute approximate surface area is 253 Å². The molecule has 0 N–H and O–H groups in total. The van der Waals surface area contributed by atoms with Gasteiger partial charge in [-0.3, -0.25) is 0 Å². The van der Waals surface area contributed by atoms with Gasteiger partial charge in [0.2, 0.25) is 0 Å². The molecular formula is C39H25N3O2. The van der Waals surface area contributed by atoms with E-state index in [2.05, 4.69) is 66.8 Å². The van der Waals surface area contributed by atoms with E-state index in [1.807, 2.05) is 72.8 Å². The van der Waals surface area contributed by atoms with Gasteiger partial charge in [0.15, 0.2) is 17.5 Å². The number of furan rings is 1. The Morgan fingerprint density at radius 1 is 0.568 bits per heavy atom. The van der Waals surface area contributed by atoms with Crippen molar-refractivity contribution in [1.82, 2.24) is 15.0 Å². The van der Waals surface area contributed by atoms with E-state index in [-0.39, 0.29) is 12.0 Å². The molecule has 2 aliphatic rings. The van der Waals surface area contributed by atoms with Crippen LogP contribution < -0.4 is 4.74 Å². The number of ether oxygens (including phenoxy) is 1. The van der Waals surface area contributed by atoms with Crippen molar-refractivity contribution in [1.29, 1.82) is 0 Å². The monoisotopic (exact) mass is 567 g/mol. The van der Waals surface area contributed by atoms with Crippen LogP contribution in [-0.4, -0.2) is 21.1 Å². The first-order valence-electron chi connectivity index (χ1n) is 14.8. The lowest BCUT2D eigenvalue weighted by molar-refractivity contribution is 0.277. The summed E-state index contributed by atoms with van der Waals surface area (Å²) in [5, 5.41) is 2.20. The van der Waals surface area contributed by atoms with Gasteiger partial charge in [-0.1, -0.05) is 115 Å². The zero-order chi connectivity index (χ0) is 29.0. The predicted octanol–water partition coefficient (Wildman–Crippen LogP) is 9.27. The summed E-state index contributed by atoms with van der Waals surface area (Å²) in [6.07, 6.45) is 6.16. The normalized spacial score (nSPS) is 16.9. The summed E-state index contributed by atoms with van der Waals surface area (Å²) >= 11 is 0. The number of rotatable bonds is 4. The second kappa shape index (κ2) is 9.89. The van der Waals surface area contributed by atoms with Crippen molar-refractivity contribution in [3.63, 3.8) is 0 Å². The molecule has 2 atom stereocenters.